The third-order valence-corrected chi connectivity index (χ3v) is 4.95. The second kappa shape index (κ2) is 8.44. The third-order valence-electron chi connectivity index (χ3n) is 4.95. The zero-order valence-corrected chi connectivity index (χ0v) is 16.0. The van der Waals surface area contributed by atoms with E-state index in [4.69, 9.17) is 5.26 Å². The van der Waals surface area contributed by atoms with Gasteiger partial charge in [-0.15, -0.1) is 0 Å². The van der Waals surface area contributed by atoms with Crippen LogP contribution in [0.15, 0.2) is 72.9 Å². The van der Waals surface area contributed by atoms with Gasteiger partial charge in [0.2, 0.25) is 0 Å². The Balaban J connectivity index is 1.42. The second-order valence-corrected chi connectivity index (χ2v) is 6.86. The summed E-state index contributed by atoms with van der Waals surface area (Å²) in [5, 5.41) is 12.3. The maximum atomic E-state index is 12.9. The SMILES string of the molecule is N#Cc1cccc(Nc2ccnc(C(=O)N3CCN(c4ccccc4)CC3)c2)c1. The van der Waals surface area contributed by atoms with E-state index in [0.717, 1.165) is 24.5 Å². The lowest BCUT2D eigenvalue weighted by Crippen LogP contribution is -2.49. The van der Waals surface area contributed by atoms with Crippen LogP contribution in [0.5, 0.6) is 0 Å². The van der Waals surface area contributed by atoms with Crippen LogP contribution in [0.1, 0.15) is 16.1 Å². The minimum atomic E-state index is -0.0628. The number of nitrogens with zero attached hydrogens (tertiary/aromatic N) is 4. The summed E-state index contributed by atoms with van der Waals surface area (Å²) in [5.74, 6) is -0.0628. The van der Waals surface area contributed by atoms with Crippen LogP contribution in [-0.2, 0) is 0 Å². The van der Waals surface area contributed by atoms with Crippen molar-refractivity contribution in [2.45, 2.75) is 0 Å². The number of hydrogen-bond acceptors (Lipinski definition) is 5. The molecule has 2 aromatic carbocycles. The average molecular weight is 383 g/mol. The molecule has 1 N–H and O–H groups in total. The van der Waals surface area contributed by atoms with Gasteiger partial charge in [0.15, 0.2) is 0 Å². The van der Waals surface area contributed by atoms with Gasteiger partial charge in [0.1, 0.15) is 5.69 Å². The number of carbonyl (C=O) groups is 1. The van der Waals surface area contributed by atoms with Crippen molar-refractivity contribution in [3.63, 3.8) is 0 Å². The Labute approximate surface area is 170 Å². The van der Waals surface area contributed by atoms with Crippen LogP contribution in [0.2, 0.25) is 0 Å². The smallest absolute Gasteiger partial charge is 0.272 e. The van der Waals surface area contributed by atoms with Crippen molar-refractivity contribution in [1.82, 2.24) is 9.88 Å². The summed E-state index contributed by atoms with van der Waals surface area (Å²) in [5.41, 5.74) is 3.74. The Morgan fingerprint density at radius 3 is 2.45 bits per heavy atom. The van der Waals surface area contributed by atoms with Crippen molar-refractivity contribution >= 4 is 23.0 Å². The molecule has 1 amide bonds. The van der Waals surface area contributed by atoms with Crippen molar-refractivity contribution in [2.75, 3.05) is 36.4 Å². The van der Waals surface area contributed by atoms with E-state index in [0.29, 0.717) is 24.3 Å². The van der Waals surface area contributed by atoms with E-state index in [2.05, 4.69) is 33.4 Å². The quantitative estimate of drug-likeness (QED) is 0.744. The van der Waals surface area contributed by atoms with E-state index in [1.807, 2.05) is 41.3 Å². The van der Waals surface area contributed by atoms with Gasteiger partial charge in [-0.3, -0.25) is 9.78 Å². The number of para-hydroxylation sites is 1. The maximum Gasteiger partial charge on any atom is 0.272 e. The summed E-state index contributed by atoms with van der Waals surface area (Å²) in [6.07, 6.45) is 1.63. The van der Waals surface area contributed by atoms with Gasteiger partial charge in [0, 0.05) is 49.4 Å². The highest BCUT2D eigenvalue weighted by Crippen LogP contribution is 2.20. The molecule has 6 nitrogen and oxygen atoms in total. The first kappa shape index (κ1) is 18.5. The van der Waals surface area contributed by atoms with Crippen LogP contribution in [0, 0.1) is 11.3 Å². The summed E-state index contributed by atoms with van der Waals surface area (Å²) < 4.78 is 0. The molecular weight excluding hydrogens is 362 g/mol. The summed E-state index contributed by atoms with van der Waals surface area (Å²) >= 11 is 0. The first-order valence-corrected chi connectivity index (χ1v) is 9.55. The number of pyridine rings is 1. The normalized spacial score (nSPS) is 13.6. The highest BCUT2D eigenvalue weighted by atomic mass is 16.2. The largest absolute Gasteiger partial charge is 0.368 e. The van der Waals surface area contributed by atoms with Crippen LogP contribution in [0.4, 0.5) is 17.1 Å². The number of benzene rings is 2. The van der Waals surface area contributed by atoms with E-state index >= 15 is 0 Å². The molecule has 0 unspecified atom stereocenters. The predicted octanol–water partition coefficient (Wildman–Crippen LogP) is 3.66. The Bertz CT molecular complexity index is 1040. The Kier molecular flexibility index (Phi) is 5.39. The minimum Gasteiger partial charge on any atom is -0.368 e. The first-order chi connectivity index (χ1) is 14.2. The summed E-state index contributed by atoms with van der Waals surface area (Å²) in [6.45, 7) is 2.93. The molecular formula is C23H21N5O. The van der Waals surface area contributed by atoms with Crippen molar-refractivity contribution < 1.29 is 4.79 Å². The van der Waals surface area contributed by atoms with Crippen molar-refractivity contribution in [2.24, 2.45) is 0 Å². The number of carbonyl (C=O) groups excluding carboxylic acids is 1. The molecule has 6 heteroatoms. The lowest BCUT2D eigenvalue weighted by atomic mass is 10.2. The molecule has 3 aromatic rings. The van der Waals surface area contributed by atoms with Crippen LogP contribution in [-0.4, -0.2) is 42.0 Å². The van der Waals surface area contributed by atoms with Gasteiger partial charge in [-0.1, -0.05) is 24.3 Å². The van der Waals surface area contributed by atoms with E-state index < -0.39 is 0 Å². The van der Waals surface area contributed by atoms with Crippen LogP contribution >= 0.6 is 0 Å². The Hall–Kier alpha value is -3.85. The number of aromatic nitrogens is 1. The van der Waals surface area contributed by atoms with E-state index in [1.165, 1.54) is 5.69 Å². The van der Waals surface area contributed by atoms with Gasteiger partial charge in [-0.2, -0.15) is 5.26 Å². The standard InChI is InChI=1S/C23H21N5O/c24-17-18-5-4-6-19(15-18)26-20-9-10-25-22(16-20)23(29)28-13-11-27(12-14-28)21-7-2-1-3-8-21/h1-10,15-16H,11-14H2,(H,25,26). The molecule has 144 valence electrons. The fraction of sp³-hybridized carbons (Fsp3) is 0.174. The average Bonchev–Trinajstić information content (AvgIpc) is 2.79. The zero-order chi connectivity index (χ0) is 20.1. The summed E-state index contributed by atoms with van der Waals surface area (Å²) in [6, 6.07) is 23.2. The molecule has 0 aliphatic carbocycles. The van der Waals surface area contributed by atoms with E-state index in [-0.39, 0.29) is 5.91 Å². The number of nitrogens with one attached hydrogen (secondary N) is 1. The van der Waals surface area contributed by atoms with Gasteiger partial charge in [-0.05, 0) is 42.5 Å². The summed E-state index contributed by atoms with van der Waals surface area (Å²) in [7, 11) is 0. The highest BCUT2D eigenvalue weighted by Gasteiger charge is 2.23. The van der Waals surface area contributed by atoms with Gasteiger partial charge in [-0.25, -0.2) is 0 Å². The molecule has 1 aliphatic rings. The minimum absolute atomic E-state index is 0.0628. The lowest BCUT2D eigenvalue weighted by Gasteiger charge is -2.36. The van der Waals surface area contributed by atoms with Crippen molar-refractivity contribution in [3.8, 4) is 6.07 Å². The molecule has 1 saturated heterocycles. The highest BCUT2D eigenvalue weighted by molar-refractivity contribution is 5.93. The lowest BCUT2D eigenvalue weighted by molar-refractivity contribution is 0.0741. The van der Waals surface area contributed by atoms with Gasteiger partial charge < -0.3 is 15.1 Å². The van der Waals surface area contributed by atoms with Crippen LogP contribution < -0.4 is 10.2 Å². The summed E-state index contributed by atoms with van der Waals surface area (Å²) in [4.78, 5) is 21.3. The van der Waals surface area contributed by atoms with Gasteiger partial charge >= 0.3 is 0 Å². The molecule has 0 radical (unpaired) electrons. The number of anilines is 3. The molecule has 4 rings (SSSR count). The first-order valence-electron chi connectivity index (χ1n) is 9.55. The second-order valence-electron chi connectivity index (χ2n) is 6.86. The number of hydrogen-bond donors (Lipinski definition) is 1. The molecule has 0 atom stereocenters. The van der Waals surface area contributed by atoms with Gasteiger partial charge in [0.05, 0.1) is 11.6 Å². The Morgan fingerprint density at radius 2 is 1.69 bits per heavy atom. The molecule has 1 fully saturated rings. The molecule has 0 bridgehead atoms. The fourth-order valence-electron chi connectivity index (χ4n) is 3.43. The monoisotopic (exact) mass is 383 g/mol. The molecule has 29 heavy (non-hydrogen) atoms. The topological polar surface area (TPSA) is 72.3 Å². The predicted molar refractivity (Wildman–Crippen MR) is 113 cm³/mol. The van der Waals surface area contributed by atoms with E-state index in [1.54, 1.807) is 24.4 Å². The molecule has 0 saturated carbocycles. The number of amides is 1. The van der Waals surface area contributed by atoms with Crippen molar-refractivity contribution in [1.29, 1.82) is 5.26 Å². The van der Waals surface area contributed by atoms with Crippen molar-refractivity contribution in [3.05, 3.63) is 84.2 Å². The van der Waals surface area contributed by atoms with E-state index in [9.17, 15) is 4.79 Å². The maximum absolute atomic E-state index is 12.9. The number of nitriles is 1. The number of piperazine rings is 1. The van der Waals surface area contributed by atoms with Gasteiger partial charge in [0.25, 0.3) is 5.91 Å². The fourth-order valence-corrected chi connectivity index (χ4v) is 3.43. The van der Waals surface area contributed by atoms with Crippen LogP contribution in [0.25, 0.3) is 0 Å². The molecule has 0 spiro atoms. The zero-order valence-electron chi connectivity index (χ0n) is 16.0. The Morgan fingerprint density at radius 1 is 0.931 bits per heavy atom. The molecule has 1 aromatic heterocycles. The molecule has 1 aliphatic heterocycles. The van der Waals surface area contributed by atoms with Crippen LogP contribution in [0.3, 0.4) is 0 Å². The molecule has 2 heterocycles. The third kappa shape index (κ3) is 4.36. The number of rotatable bonds is 4.